The van der Waals surface area contributed by atoms with Gasteiger partial charge in [-0.3, -0.25) is 9.59 Å². The van der Waals surface area contributed by atoms with E-state index in [4.69, 9.17) is 0 Å². The minimum atomic E-state index is -3.90. The first-order valence-corrected chi connectivity index (χ1v) is 17.0. The molecule has 4 atom stereocenters. The first kappa shape index (κ1) is 36.0. The van der Waals surface area contributed by atoms with Gasteiger partial charge in [0.25, 0.3) is 10.0 Å². The van der Waals surface area contributed by atoms with Gasteiger partial charge >= 0.3 is 12.0 Å². The van der Waals surface area contributed by atoms with Crippen LogP contribution >= 0.6 is 0 Å². The van der Waals surface area contributed by atoms with Crippen LogP contribution in [0.1, 0.15) is 72.6 Å². The monoisotopic (exact) mass is 648 g/mol. The Kier molecular flexibility index (Phi) is 12.1. The zero-order chi connectivity index (χ0) is 33.4. The number of allylic oxidation sites excluding steroid dienone is 1. The van der Waals surface area contributed by atoms with Crippen molar-refractivity contribution in [3.63, 3.8) is 0 Å². The number of nitrogens with one attached hydrogen (secondary N) is 3. The molecule has 1 aliphatic carbocycles. The van der Waals surface area contributed by atoms with E-state index in [1.165, 1.54) is 24.2 Å². The first-order valence-electron chi connectivity index (χ1n) is 15.6. The minimum Gasteiger partial charge on any atom is -0.479 e. The molecule has 250 valence electrons. The van der Waals surface area contributed by atoms with Crippen molar-refractivity contribution < 1.29 is 32.7 Å². The third kappa shape index (κ3) is 9.25. The summed E-state index contributed by atoms with van der Waals surface area (Å²) >= 11 is 0. The summed E-state index contributed by atoms with van der Waals surface area (Å²) in [5.74, 6) is -2.39. The van der Waals surface area contributed by atoms with Gasteiger partial charge in [0.1, 0.15) is 11.6 Å². The number of unbranched alkanes of at least 4 members (excludes halogenated alkanes) is 3. The highest BCUT2D eigenvalue weighted by atomic mass is 32.2. The van der Waals surface area contributed by atoms with Gasteiger partial charge in [-0.15, -0.1) is 0 Å². The molecular formula is C31H48N6O7S. The maximum atomic E-state index is 13.2. The lowest BCUT2D eigenvalue weighted by Crippen LogP contribution is -2.56. The predicted octanol–water partition coefficient (Wildman–Crippen LogP) is 2.50. The number of rotatable bonds is 15. The minimum absolute atomic E-state index is 0.0433. The van der Waals surface area contributed by atoms with E-state index < -0.39 is 56.9 Å². The highest BCUT2D eigenvalue weighted by molar-refractivity contribution is 7.89. The van der Waals surface area contributed by atoms with Crippen molar-refractivity contribution >= 4 is 33.8 Å². The van der Waals surface area contributed by atoms with E-state index >= 15 is 0 Å². The van der Waals surface area contributed by atoms with E-state index in [1.54, 1.807) is 12.1 Å². The van der Waals surface area contributed by atoms with Crippen LogP contribution in [0.5, 0.6) is 0 Å². The summed E-state index contributed by atoms with van der Waals surface area (Å²) in [4.78, 5) is 56.6. The van der Waals surface area contributed by atoms with Crippen molar-refractivity contribution in [2.45, 2.75) is 95.3 Å². The zero-order valence-electron chi connectivity index (χ0n) is 26.9. The van der Waals surface area contributed by atoms with Gasteiger partial charge in [0.15, 0.2) is 5.03 Å². The topological polar surface area (TPSA) is 178 Å². The van der Waals surface area contributed by atoms with Gasteiger partial charge in [0.2, 0.25) is 11.8 Å². The van der Waals surface area contributed by atoms with Crippen LogP contribution in [0.2, 0.25) is 0 Å². The smallest absolute Gasteiger partial charge is 0.330 e. The molecule has 1 saturated heterocycles. The molecule has 1 aromatic rings. The molecule has 2 aliphatic rings. The van der Waals surface area contributed by atoms with Crippen molar-refractivity contribution in [3.05, 3.63) is 36.5 Å². The first-order chi connectivity index (χ1) is 21.1. The number of sulfonamides is 1. The number of hydrogen-bond acceptors (Lipinski definition) is 7. The number of aliphatic carboxylic acids is 1. The highest BCUT2D eigenvalue weighted by Crippen LogP contribution is 2.45. The molecule has 14 heteroatoms. The van der Waals surface area contributed by atoms with Crippen molar-refractivity contribution in [1.29, 1.82) is 0 Å². The molecule has 1 aromatic heterocycles. The standard InChI is InChI=1S/C31H48N6O7S/c1-6-7-8-9-10-14-22-19-31(22,28(40)41)35-27(39)23-15-13-18-37(23)26(38)20-33-29(42)34-24(30(2,3)4)21-36(5)45(43,44)25-16-11-12-17-32-25/h10-12,14,16-17,22-24H,6-9,13,15,18-21H2,1-5H3,(H,35,39)(H,40,41)(H2,33,34,42)/b14-10-/t22?,23-,24?,31+/m0/s1. The summed E-state index contributed by atoms with van der Waals surface area (Å²) in [5.41, 5.74) is -1.91. The molecule has 2 heterocycles. The van der Waals surface area contributed by atoms with E-state index in [0.29, 0.717) is 25.8 Å². The molecule has 0 aromatic carbocycles. The fraction of sp³-hybridized carbons (Fsp3) is 0.645. The lowest BCUT2D eigenvalue weighted by Gasteiger charge is -2.34. The van der Waals surface area contributed by atoms with Crippen molar-refractivity contribution in [2.24, 2.45) is 11.3 Å². The summed E-state index contributed by atoms with van der Waals surface area (Å²) in [6.07, 6.45) is 10.6. The fourth-order valence-corrected chi connectivity index (χ4v) is 6.50. The number of urea groups is 1. The number of pyridine rings is 1. The Labute approximate surface area is 266 Å². The number of likely N-dealkylation sites (tertiary alicyclic amines) is 1. The van der Waals surface area contributed by atoms with Gasteiger partial charge in [-0.2, -0.15) is 4.31 Å². The number of carboxylic acid groups (broad SMARTS) is 1. The van der Waals surface area contributed by atoms with Crippen LogP contribution in [0.3, 0.4) is 0 Å². The Morgan fingerprint density at radius 3 is 2.58 bits per heavy atom. The van der Waals surface area contributed by atoms with E-state index in [1.807, 2.05) is 32.9 Å². The Bertz CT molecular complexity index is 1350. The Morgan fingerprint density at radius 2 is 1.96 bits per heavy atom. The molecule has 1 saturated carbocycles. The predicted molar refractivity (Wildman–Crippen MR) is 168 cm³/mol. The average Bonchev–Trinajstić information content (AvgIpc) is 3.45. The number of nitrogens with zero attached hydrogens (tertiary/aromatic N) is 3. The van der Waals surface area contributed by atoms with Crippen LogP contribution in [-0.4, -0.2) is 95.8 Å². The second-order valence-corrected chi connectivity index (χ2v) is 14.9. The summed E-state index contributed by atoms with van der Waals surface area (Å²) in [7, 11) is -2.49. The van der Waals surface area contributed by atoms with Gasteiger partial charge in [-0.1, -0.05) is 58.8 Å². The third-order valence-electron chi connectivity index (χ3n) is 8.46. The van der Waals surface area contributed by atoms with Crippen LogP contribution < -0.4 is 16.0 Å². The molecular weight excluding hydrogens is 600 g/mol. The molecule has 1 aliphatic heterocycles. The van der Waals surface area contributed by atoms with Crippen LogP contribution in [0.15, 0.2) is 41.6 Å². The van der Waals surface area contributed by atoms with Crippen molar-refractivity contribution in [2.75, 3.05) is 26.7 Å². The van der Waals surface area contributed by atoms with Gasteiger partial charge in [-0.05, 0) is 49.7 Å². The molecule has 13 nitrogen and oxygen atoms in total. The molecule has 4 N–H and O–H groups in total. The van der Waals surface area contributed by atoms with Crippen LogP contribution in [0, 0.1) is 11.3 Å². The van der Waals surface area contributed by atoms with Gasteiger partial charge in [0, 0.05) is 38.3 Å². The second-order valence-electron chi connectivity index (χ2n) is 12.9. The van der Waals surface area contributed by atoms with E-state index in [-0.39, 0.29) is 24.0 Å². The van der Waals surface area contributed by atoms with Gasteiger partial charge < -0.3 is 26.0 Å². The van der Waals surface area contributed by atoms with Crippen molar-refractivity contribution in [1.82, 2.24) is 30.1 Å². The second kappa shape index (κ2) is 15.2. The normalized spacial score (nSPS) is 22.3. The number of carbonyl (C=O) groups is 4. The van der Waals surface area contributed by atoms with Crippen LogP contribution in [-0.2, 0) is 24.4 Å². The van der Waals surface area contributed by atoms with Gasteiger partial charge in [0.05, 0.1) is 6.54 Å². The fourth-order valence-electron chi connectivity index (χ4n) is 5.39. The lowest BCUT2D eigenvalue weighted by molar-refractivity contribution is -0.145. The summed E-state index contributed by atoms with van der Waals surface area (Å²) in [5, 5.41) is 17.8. The van der Waals surface area contributed by atoms with Crippen LogP contribution in [0.25, 0.3) is 0 Å². The van der Waals surface area contributed by atoms with E-state index in [9.17, 15) is 32.7 Å². The molecule has 0 spiro atoms. The quantitative estimate of drug-likeness (QED) is 0.166. The number of carbonyl (C=O) groups excluding carboxylic acids is 3. The number of carboxylic acids is 1. The van der Waals surface area contributed by atoms with Crippen LogP contribution in [0.4, 0.5) is 4.79 Å². The average molecular weight is 649 g/mol. The molecule has 3 rings (SSSR count). The molecule has 2 fully saturated rings. The van der Waals surface area contributed by atoms with Gasteiger partial charge in [-0.25, -0.2) is 23.0 Å². The largest absolute Gasteiger partial charge is 0.479 e. The number of amides is 4. The third-order valence-corrected chi connectivity index (χ3v) is 10.2. The number of hydrogen-bond donors (Lipinski definition) is 4. The van der Waals surface area contributed by atoms with Crippen molar-refractivity contribution in [3.8, 4) is 0 Å². The maximum absolute atomic E-state index is 13.2. The molecule has 4 amide bonds. The molecule has 0 bridgehead atoms. The van der Waals surface area contributed by atoms with E-state index in [2.05, 4.69) is 27.9 Å². The molecule has 0 radical (unpaired) electrons. The SMILES string of the molecule is CCCCC/C=C\C1C[C@]1(NC(=O)[C@@H]1CCCN1C(=O)CNC(=O)NC(CN(C)S(=O)(=O)c1ccccn1)C(C)(C)C)C(=O)O. The molecule has 2 unspecified atom stereocenters. The van der Waals surface area contributed by atoms with E-state index in [0.717, 1.165) is 30.0 Å². The number of aromatic nitrogens is 1. The highest BCUT2D eigenvalue weighted by Gasteiger charge is 2.61. The molecule has 45 heavy (non-hydrogen) atoms. The maximum Gasteiger partial charge on any atom is 0.330 e. The lowest BCUT2D eigenvalue weighted by atomic mass is 9.87. The number of likely N-dealkylation sites (N-methyl/N-ethyl adjacent to an activating group) is 1. The summed E-state index contributed by atoms with van der Waals surface area (Å²) in [6.45, 7) is 7.56. The summed E-state index contributed by atoms with van der Waals surface area (Å²) < 4.78 is 27.1. The zero-order valence-corrected chi connectivity index (χ0v) is 27.7. The summed E-state index contributed by atoms with van der Waals surface area (Å²) in [6, 6.07) is 2.47. The Balaban J connectivity index is 1.55. The Hall–Kier alpha value is -3.52. The Morgan fingerprint density at radius 1 is 1.22 bits per heavy atom.